The number of benzene rings is 1. The van der Waals surface area contributed by atoms with E-state index in [-0.39, 0.29) is 23.5 Å². The van der Waals surface area contributed by atoms with Gasteiger partial charge < -0.3 is 16.0 Å². The van der Waals surface area contributed by atoms with Crippen molar-refractivity contribution in [3.63, 3.8) is 0 Å². The summed E-state index contributed by atoms with van der Waals surface area (Å²) in [5.41, 5.74) is 0.810. The molecular weight excluding hydrogens is 278 g/mol. The fraction of sp³-hybridized carbons (Fsp3) is 0.529. The lowest BCUT2D eigenvalue weighted by atomic mass is 10.1. The van der Waals surface area contributed by atoms with E-state index in [9.17, 15) is 9.59 Å². The number of carbonyl (C=O) groups is 2. The van der Waals surface area contributed by atoms with E-state index in [0.717, 1.165) is 0 Å². The van der Waals surface area contributed by atoms with Crippen LogP contribution in [-0.2, 0) is 0 Å². The summed E-state index contributed by atoms with van der Waals surface area (Å²) in [7, 11) is 0. The molecule has 5 heteroatoms. The Morgan fingerprint density at radius 1 is 1.09 bits per heavy atom. The van der Waals surface area contributed by atoms with Gasteiger partial charge in [0.2, 0.25) is 0 Å². The highest BCUT2D eigenvalue weighted by atomic mass is 16.2. The van der Waals surface area contributed by atoms with E-state index in [4.69, 9.17) is 0 Å². The van der Waals surface area contributed by atoms with Crippen molar-refractivity contribution < 1.29 is 9.59 Å². The molecular formula is C17H27N3O2. The highest BCUT2D eigenvalue weighted by Crippen LogP contribution is 2.12. The Bertz CT molecular complexity index is 533. The molecule has 0 aliphatic rings. The number of carbonyl (C=O) groups excluding carboxylic acids is 2. The lowest BCUT2D eigenvalue weighted by molar-refractivity contribution is 0.0919. The number of nitrogens with one attached hydrogen (secondary N) is 3. The molecule has 0 heterocycles. The molecule has 22 heavy (non-hydrogen) atoms. The van der Waals surface area contributed by atoms with Gasteiger partial charge in [0.15, 0.2) is 0 Å². The molecule has 0 aliphatic carbocycles. The Morgan fingerprint density at radius 3 is 2.27 bits per heavy atom. The van der Waals surface area contributed by atoms with E-state index < -0.39 is 0 Å². The molecule has 1 aromatic carbocycles. The number of anilines is 1. The SMILES string of the molecule is CC(C)C(C)NC(=O)Nc1cccc(C(=O)NC(C)(C)C)c1. The van der Waals surface area contributed by atoms with Crippen LogP contribution in [0.15, 0.2) is 24.3 Å². The van der Waals surface area contributed by atoms with Gasteiger partial charge in [-0.1, -0.05) is 19.9 Å². The zero-order valence-electron chi connectivity index (χ0n) is 14.3. The highest BCUT2D eigenvalue weighted by molar-refractivity contribution is 5.97. The van der Waals surface area contributed by atoms with E-state index >= 15 is 0 Å². The van der Waals surface area contributed by atoms with Crippen molar-refractivity contribution in [1.82, 2.24) is 10.6 Å². The zero-order valence-corrected chi connectivity index (χ0v) is 14.3. The van der Waals surface area contributed by atoms with Gasteiger partial charge in [-0.15, -0.1) is 0 Å². The maximum atomic E-state index is 12.1. The van der Waals surface area contributed by atoms with Gasteiger partial charge in [-0.25, -0.2) is 4.79 Å². The molecule has 0 saturated carbocycles. The maximum absolute atomic E-state index is 12.1. The third kappa shape index (κ3) is 6.16. The van der Waals surface area contributed by atoms with Crippen molar-refractivity contribution >= 4 is 17.6 Å². The third-order valence-corrected chi connectivity index (χ3v) is 3.23. The quantitative estimate of drug-likeness (QED) is 0.798. The zero-order chi connectivity index (χ0) is 16.9. The van der Waals surface area contributed by atoms with Gasteiger partial charge in [0.05, 0.1) is 0 Å². The minimum Gasteiger partial charge on any atom is -0.347 e. The molecule has 0 fully saturated rings. The molecule has 0 aliphatic heterocycles. The molecule has 5 nitrogen and oxygen atoms in total. The standard InChI is InChI=1S/C17H27N3O2/c1-11(2)12(3)18-16(22)19-14-9-7-8-13(10-14)15(21)20-17(4,5)6/h7-12H,1-6H3,(H,20,21)(H2,18,19,22). The molecule has 0 bridgehead atoms. The predicted molar refractivity (Wildman–Crippen MR) is 90.1 cm³/mol. The maximum Gasteiger partial charge on any atom is 0.319 e. The number of hydrogen-bond acceptors (Lipinski definition) is 2. The molecule has 0 spiro atoms. The van der Waals surface area contributed by atoms with E-state index in [0.29, 0.717) is 17.2 Å². The molecule has 1 aromatic rings. The topological polar surface area (TPSA) is 70.2 Å². The summed E-state index contributed by atoms with van der Waals surface area (Å²) >= 11 is 0. The van der Waals surface area contributed by atoms with Crippen LogP contribution in [0.1, 0.15) is 51.9 Å². The molecule has 0 saturated heterocycles. The molecule has 1 unspecified atom stereocenters. The molecule has 122 valence electrons. The van der Waals surface area contributed by atoms with Crippen molar-refractivity contribution in [3.05, 3.63) is 29.8 Å². The van der Waals surface area contributed by atoms with Crippen molar-refractivity contribution in [1.29, 1.82) is 0 Å². The van der Waals surface area contributed by atoms with Gasteiger partial charge in [-0.3, -0.25) is 4.79 Å². The number of hydrogen-bond donors (Lipinski definition) is 3. The molecule has 1 rings (SSSR count). The first-order valence-electron chi connectivity index (χ1n) is 7.58. The van der Waals surface area contributed by atoms with Crippen LogP contribution in [0, 0.1) is 5.92 Å². The van der Waals surface area contributed by atoms with Crippen LogP contribution in [0.25, 0.3) is 0 Å². The Balaban J connectivity index is 2.72. The van der Waals surface area contributed by atoms with Gasteiger partial charge in [0.1, 0.15) is 0 Å². The van der Waals surface area contributed by atoms with E-state index in [2.05, 4.69) is 16.0 Å². The summed E-state index contributed by atoms with van der Waals surface area (Å²) in [4.78, 5) is 24.0. The molecule has 0 aromatic heterocycles. The Kier molecular flexibility index (Phi) is 5.97. The van der Waals surface area contributed by atoms with Crippen LogP contribution in [0.2, 0.25) is 0 Å². The number of urea groups is 1. The average molecular weight is 305 g/mol. The lowest BCUT2D eigenvalue weighted by Gasteiger charge is -2.21. The van der Waals surface area contributed by atoms with Crippen molar-refractivity contribution in [2.75, 3.05) is 5.32 Å². The van der Waals surface area contributed by atoms with Crippen LogP contribution >= 0.6 is 0 Å². The van der Waals surface area contributed by atoms with Crippen LogP contribution in [0.4, 0.5) is 10.5 Å². The fourth-order valence-electron chi connectivity index (χ4n) is 1.69. The summed E-state index contributed by atoms with van der Waals surface area (Å²) in [6, 6.07) is 6.70. The van der Waals surface area contributed by atoms with Crippen molar-refractivity contribution in [3.8, 4) is 0 Å². The number of rotatable bonds is 4. The first kappa shape index (κ1) is 18.0. The van der Waals surface area contributed by atoms with Gasteiger partial charge in [-0.05, 0) is 51.8 Å². The molecule has 3 N–H and O–H groups in total. The first-order chi connectivity index (χ1) is 10.1. The normalized spacial score (nSPS) is 12.7. The number of amides is 3. The van der Waals surface area contributed by atoms with Gasteiger partial charge >= 0.3 is 6.03 Å². The van der Waals surface area contributed by atoms with E-state index in [1.807, 2.05) is 41.5 Å². The Morgan fingerprint density at radius 2 is 1.73 bits per heavy atom. The van der Waals surface area contributed by atoms with Gasteiger partial charge in [0, 0.05) is 22.8 Å². The largest absolute Gasteiger partial charge is 0.347 e. The Hall–Kier alpha value is -2.04. The Labute approximate surface area is 132 Å². The van der Waals surface area contributed by atoms with Crippen LogP contribution in [0.3, 0.4) is 0 Å². The summed E-state index contributed by atoms with van der Waals surface area (Å²) in [5.74, 6) is 0.196. The smallest absolute Gasteiger partial charge is 0.319 e. The van der Waals surface area contributed by atoms with Gasteiger partial charge in [0.25, 0.3) is 5.91 Å². The lowest BCUT2D eigenvalue weighted by Crippen LogP contribution is -2.40. The van der Waals surface area contributed by atoms with Crippen LogP contribution in [0.5, 0.6) is 0 Å². The second kappa shape index (κ2) is 7.29. The summed E-state index contributed by atoms with van der Waals surface area (Å²) in [6.07, 6.45) is 0. The monoisotopic (exact) mass is 305 g/mol. The summed E-state index contributed by atoms with van der Waals surface area (Å²) in [5, 5.41) is 8.52. The minimum absolute atomic E-state index is 0.0763. The third-order valence-electron chi connectivity index (χ3n) is 3.23. The van der Waals surface area contributed by atoms with Crippen molar-refractivity contribution in [2.24, 2.45) is 5.92 Å². The molecule has 1 atom stereocenters. The summed E-state index contributed by atoms with van der Waals surface area (Å²) < 4.78 is 0. The van der Waals surface area contributed by atoms with Crippen LogP contribution < -0.4 is 16.0 Å². The van der Waals surface area contributed by atoms with E-state index in [1.54, 1.807) is 24.3 Å². The first-order valence-corrected chi connectivity index (χ1v) is 7.58. The highest BCUT2D eigenvalue weighted by Gasteiger charge is 2.16. The second-order valence-corrected chi connectivity index (χ2v) is 6.92. The second-order valence-electron chi connectivity index (χ2n) is 6.92. The summed E-state index contributed by atoms with van der Waals surface area (Å²) in [6.45, 7) is 11.8. The van der Waals surface area contributed by atoms with Gasteiger partial charge in [-0.2, -0.15) is 0 Å². The molecule has 0 radical (unpaired) electrons. The van der Waals surface area contributed by atoms with E-state index in [1.165, 1.54) is 0 Å². The predicted octanol–water partition coefficient (Wildman–Crippen LogP) is 3.38. The van der Waals surface area contributed by atoms with Crippen LogP contribution in [-0.4, -0.2) is 23.5 Å². The molecule has 3 amide bonds. The average Bonchev–Trinajstić information content (AvgIpc) is 2.36. The van der Waals surface area contributed by atoms with Crippen molar-refractivity contribution in [2.45, 2.75) is 53.1 Å². The minimum atomic E-state index is -0.301. The fourth-order valence-corrected chi connectivity index (χ4v) is 1.69.